The number of ether oxygens (including phenoxy) is 2. The Kier molecular flexibility index (Phi) is 4.94. The molecule has 1 fully saturated rings. The molecule has 4 rings (SSSR count). The average molecular weight is 355 g/mol. The normalized spacial score (nSPS) is 18.1. The lowest BCUT2D eigenvalue weighted by atomic mass is 10.2. The molecule has 0 saturated carbocycles. The smallest absolute Gasteiger partial charge is 0.247 e. The zero-order chi connectivity index (χ0) is 17.8. The molecule has 3 heterocycles. The number of hydrogen-bond donors (Lipinski definition) is 0. The van der Waals surface area contributed by atoms with Gasteiger partial charge in [0.25, 0.3) is 0 Å². The summed E-state index contributed by atoms with van der Waals surface area (Å²) < 4.78 is 18.7. The topological polar surface area (TPSA) is 78.4 Å². The van der Waals surface area contributed by atoms with Crippen LogP contribution in [0.5, 0.6) is 5.75 Å². The fraction of sp³-hybridized carbons (Fsp3) is 0.389. The van der Waals surface area contributed by atoms with Crippen LogP contribution in [-0.2, 0) is 17.8 Å². The minimum Gasteiger partial charge on any atom is -0.497 e. The fourth-order valence-electron chi connectivity index (χ4n) is 3.01. The molecule has 0 spiro atoms. The van der Waals surface area contributed by atoms with Gasteiger partial charge in [0.15, 0.2) is 0 Å². The largest absolute Gasteiger partial charge is 0.497 e. The summed E-state index contributed by atoms with van der Waals surface area (Å²) in [5.41, 5.74) is 0.878. The second-order valence-electron chi connectivity index (χ2n) is 6.19. The molecule has 0 aliphatic carbocycles. The zero-order valence-corrected chi connectivity index (χ0v) is 14.6. The van der Waals surface area contributed by atoms with Crippen molar-refractivity contribution in [2.75, 3.05) is 26.8 Å². The predicted octanol–water partition coefficient (Wildman–Crippen LogP) is 1.84. The van der Waals surface area contributed by atoms with Gasteiger partial charge in [0.1, 0.15) is 5.75 Å². The SMILES string of the molecule is COc1ccc(-c2nnc(CN3CCOC(Cn4cccn4)C3)o2)cc1. The monoisotopic (exact) mass is 355 g/mol. The molecule has 2 aromatic heterocycles. The Labute approximate surface area is 151 Å². The van der Waals surface area contributed by atoms with Gasteiger partial charge in [-0.25, -0.2) is 0 Å². The number of rotatable bonds is 6. The summed E-state index contributed by atoms with van der Waals surface area (Å²) in [4.78, 5) is 2.27. The summed E-state index contributed by atoms with van der Waals surface area (Å²) in [6, 6.07) is 9.48. The molecule has 8 nitrogen and oxygen atoms in total. The van der Waals surface area contributed by atoms with Crippen LogP contribution in [0.3, 0.4) is 0 Å². The highest BCUT2D eigenvalue weighted by Crippen LogP contribution is 2.22. The van der Waals surface area contributed by atoms with Gasteiger partial charge in [-0.15, -0.1) is 10.2 Å². The van der Waals surface area contributed by atoms with E-state index in [4.69, 9.17) is 13.9 Å². The van der Waals surface area contributed by atoms with E-state index in [0.29, 0.717) is 24.9 Å². The minimum absolute atomic E-state index is 0.104. The molecule has 1 aliphatic heterocycles. The first-order valence-corrected chi connectivity index (χ1v) is 8.58. The van der Waals surface area contributed by atoms with E-state index in [9.17, 15) is 0 Å². The highest BCUT2D eigenvalue weighted by molar-refractivity contribution is 5.53. The molecule has 1 aliphatic rings. The lowest BCUT2D eigenvalue weighted by molar-refractivity contribution is -0.0422. The summed E-state index contributed by atoms with van der Waals surface area (Å²) in [5.74, 6) is 1.92. The van der Waals surface area contributed by atoms with Crippen molar-refractivity contribution in [1.82, 2.24) is 24.9 Å². The third kappa shape index (κ3) is 3.92. The average Bonchev–Trinajstić information content (AvgIpc) is 3.34. The van der Waals surface area contributed by atoms with E-state index >= 15 is 0 Å². The lowest BCUT2D eigenvalue weighted by Crippen LogP contribution is -2.43. The van der Waals surface area contributed by atoms with E-state index in [1.165, 1.54) is 0 Å². The van der Waals surface area contributed by atoms with Crippen LogP contribution in [0.2, 0.25) is 0 Å². The van der Waals surface area contributed by atoms with E-state index in [1.54, 1.807) is 13.3 Å². The molecule has 1 unspecified atom stereocenters. The van der Waals surface area contributed by atoms with E-state index in [2.05, 4.69) is 20.2 Å². The molecular weight excluding hydrogens is 334 g/mol. The quantitative estimate of drug-likeness (QED) is 0.667. The number of aromatic nitrogens is 4. The van der Waals surface area contributed by atoms with Crippen LogP contribution in [0.15, 0.2) is 47.1 Å². The Morgan fingerprint density at radius 3 is 2.88 bits per heavy atom. The van der Waals surface area contributed by atoms with Gasteiger partial charge < -0.3 is 13.9 Å². The maximum atomic E-state index is 5.83. The molecule has 26 heavy (non-hydrogen) atoms. The fourth-order valence-corrected chi connectivity index (χ4v) is 3.01. The van der Waals surface area contributed by atoms with Crippen molar-refractivity contribution in [2.24, 2.45) is 0 Å². The first-order chi connectivity index (χ1) is 12.8. The third-order valence-electron chi connectivity index (χ3n) is 4.34. The standard InChI is InChI=1S/C18H21N5O3/c1-24-15-5-3-14(4-6-15)18-21-20-17(26-18)13-22-9-10-25-16(11-22)12-23-8-2-7-19-23/h2-8,16H,9-13H2,1H3. The Morgan fingerprint density at radius 2 is 2.12 bits per heavy atom. The molecular formula is C18H21N5O3. The van der Waals surface area contributed by atoms with Gasteiger partial charge in [-0.05, 0) is 30.3 Å². The van der Waals surface area contributed by atoms with Crippen LogP contribution in [0.25, 0.3) is 11.5 Å². The van der Waals surface area contributed by atoms with E-state index in [0.717, 1.165) is 30.9 Å². The number of nitrogens with zero attached hydrogens (tertiary/aromatic N) is 5. The van der Waals surface area contributed by atoms with Crippen molar-refractivity contribution in [1.29, 1.82) is 0 Å². The zero-order valence-electron chi connectivity index (χ0n) is 14.6. The van der Waals surface area contributed by atoms with Gasteiger partial charge >= 0.3 is 0 Å². The molecule has 1 aromatic carbocycles. The molecule has 8 heteroatoms. The first kappa shape index (κ1) is 16.7. The first-order valence-electron chi connectivity index (χ1n) is 8.58. The number of morpholine rings is 1. The van der Waals surface area contributed by atoms with Gasteiger partial charge in [-0.1, -0.05) is 0 Å². The molecule has 0 amide bonds. The molecule has 1 atom stereocenters. The predicted molar refractivity (Wildman–Crippen MR) is 93.5 cm³/mol. The Balaban J connectivity index is 1.37. The van der Waals surface area contributed by atoms with Crippen molar-refractivity contribution in [3.05, 3.63) is 48.6 Å². The summed E-state index contributed by atoms with van der Waals surface area (Å²) >= 11 is 0. The molecule has 3 aromatic rings. The molecule has 1 saturated heterocycles. The second-order valence-corrected chi connectivity index (χ2v) is 6.19. The summed E-state index contributed by atoms with van der Waals surface area (Å²) in [5, 5.41) is 12.6. The van der Waals surface area contributed by atoms with E-state index in [1.807, 2.05) is 41.2 Å². The van der Waals surface area contributed by atoms with E-state index in [-0.39, 0.29) is 6.10 Å². The Morgan fingerprint density at radius 1 is 1.23 bits per heavy atom. The van der Waals surface area contributed by atoms with Gasteiger partial charge in [0.05, 0.1) is 32.9 Å². The van der Waals surface area contributed by atoms with Crippen molar-refractivity contribution in [3.63, 3.8) is 0 Å². The van der Waals surface area contributed by atoms with Gasteiger partial charge in [-0.2, -0.15) is 5.10 Å². The molecule has 0 N–H and O–H groups in total. The van der Waals surface area contributed by atoms with Gasteiger partial charge in [-0.3, -0.25) is 9.58 Å². The summed E-state index contributed by atoms with van der Waals surface area (Å²) in [7, 11) is 1.64. The highest BCUT2D eigenvalue weighted by Gasteiger charge is 2.23. The maximum Gasteiger partial charge on any atom is 0.247 e. The van der Waals surface area contributed by atoms with Crippen LogP contribution in [-0.4, -0.2) is 57.8 Å². The van der Waals surface area contributed by atoms with Crippen LogP contribution in [0, 0.1) is 0 Å². The van der Waals surface area contributed by atoms with Crippen LogP contribution >= 0.6 is 0 Å². The van der Waals surface area contributed by atoms with Crippen molar-refractivity contribution in [2.45, 2.75) is 19.2 Å². The van der Waals surface area contributed by atoms with Crippen LogP contribution < -0.4 is 4.74 Å². The third-order valence-corrected chi connectivity index (χ3v) is 4.34. The maximum absolute atomic E-state index is 5.83. The summed E-state index contributed by atoms with van der Waals surface area (Å²) in [6.07, 6.45) is 3.83. The number of benzene rings is 1. The summed E-state index contributed by atoms with van der Waals surface area (Å²) in [6.45, 7) is 3.69. The van der Waals surface area contributed by atoms with Crippen LogP contribution in [0.4, 0.5) is 0 Å². The van der Waals surface area contributed by atoms with Crippen molar-refractivity contribution in [3.8, 4) is 17.2 Å². The van der Waals surface area contributed by atoms with Gasteiger partial charge in [0, 0.05) is 31.0 Å². The number of hydrogen-bond acceptors (Lipinski definition) is 7. The number of methoxy groups -OCH3 is 1. The highest BCUT2D eigenvalue weighted by atomic mass is 16.5. The van der Waals surface area contributed by atoms with Crippen molar-refractivity contribution < 1.29 is 13.9 Å². The molecule has 0 radical (unpaired) electrons. The molecule has 136 valence electrons. The molecule has 0 bridgehead atoms. The lowest BCUT2D eigenvalue weighted by Gasteiger charge is -2.31. The van der Waals surface area contributed by atoms with Gasteiger partial charge in [0.2, 0.25) is 11.8 Å². The van der Waals surface area contributed by atoms with E-state index < -0.39 is 0 Å². The second kappa shape index (κ2) is 7.67. The minimum atomic E-state index is 0.104. The van der Waals surface area contributed by atoms with Crippen LogP contribution in [0.1, 0.15) is 5.89 Å². The van der Waals surface area contributed by atoms with Crippen molar-refractivity contribution >= 4 is 0 Å². The Hall–Kier alpha value is -2.71. The Bertz CT molecular complexity index is 816.